The molecule has 5 N–H and O–H groups in total. The highest BCUT2D eigenvalue weighted by Gasteiger charge is 2.44. The summed E-state index contributed by atoms with van der Waals surface area (Å²) in [5, 5.41) is 25.2. The fourth-order valence-corrected chi connectivity index (χ4v) is 2.98. The third kappa shape index (κ3) is 7.00. The lowest BCUT2D eigenvalue weighted by molar-refractivity contribution is -0.122. The summed E-state index contributed by atoms with van der Waals surface area (Å²) >= 11 is 0. The van der Waals surface area contributed by atoms with Crippen LogP contribution in [-0.4, -0.2) is 74.6 Å². The highest BCUT2D eigenvalue weighted by atomic mass is 16.6. The molecule has 0 radical (unpaired) electrons. The van der Waals surface area contributed by atoms with Crippen LogP contribution in [0.4, 0.5) is 4.79 Å². The molecule has 1 aliphatic heterocycles. The van der Waals surface area contributed by atoms with E-state index in [1.807, 2.05) is 4.98 Å². The molecule has 0 aromatic carbocycles. The Morgan fingerprint density at radius 2 is 2.00 bits per heavy atom. The quantitative estimate of drug-likeness (QED) is 0.279. The predicted octanol–water partition coefficient (Wildman–Crippen LogP) is -1.86. The van der Waals surface area contributed by atoms with E-state index in [0.717, 1.165) is 16.8 Å². The highest BCUT2D eigenvalue weighted by Crippen LogP contribution is 2.27. The van der Waals surface area contributed by atoms with Crippen LogP contribution in [0.2, 0.25) is 0 Å². The fourth-order valence-electron chi connectivity index (χ4n) is 2.98. The number of nitrogens with zero attached hydrogens (tertiary/aromatic N) is 1. The Morgan fingerprint density at radius 3 is 2.59 bits per heavy atom. The maximum Gasteiger partial charge on any atom is 0.408 e. The minimum atomic E-state index is -1.47. The molecule has 5 atom stereocenters. The number of alkyl carbamates (subject to hydrolysis) is 1. The number of carbonyl (C=O) groups excluding carboxylic acids is 3. The molecule has 2 rings (SSSR count). The average molecular weight is 456 g/mol. The van der Waals surface area contributed by atoms with Gasteiger partial charge in [-0.25, -0.2) is 9.59 Å². The first-order valence-corrected chi connectivity index (χ1v) is 9.96. The summed E-state index contributed by atoms with van der Waals surface area (Å²) < 4.78 is 11.5. The molecule has 0 aliphatic carbocycles. The van der Waals surface area contributed by atoms with E-state index < -0.39 is 59.4 Å². The second kappa shape index (κ2) is 10.5. The van der Waals surface area contributed by atoms with Crippen molar-refractivity contribution in [3.05, 3.63) is 33.1 Å². The smallest absolute Gasteiger partial charge is 0.408 e. The summed E-state index contributed by atoms with van der Waals surface area (Å²) in [5.74, 6) is -0.488. The van der Waals surface area contributed by atoms with Gasteiger partial charge >= 0.3 is 11.8 Å². The first kappa shape index (κ1) is 25.2. The first-order chi connectivity index (χ1) is 14.9. The number of aromatic nitrogens is 2. The van der Waals surface area contributed by atoms with Gasteiger partial charge in [-0.15, -0.1) is 0 Å². The van der Waals surface area contributed by atoms with Gasteiger partial charge in [0.15, 0.2) is 6.23 Å². The van der Waals surface area contributed by atoms with E-state index in [4.69, 9.17) is 9.47 Å². The number of amides is 2. The summed E-state index contributed by atoms with van der Waals surface area (Å²) in [5.41, 5.74) is -2.19. The molecule has 0 spiro atoms. The number of carbonyl (C=O) groups is 3. The summed E-state index contributed by atoms with van der Waals surface area (Å²) in [4.78, 5) is 60.0. The van der Waals surface area contributed by atoms with Crippen LogP contribution in [0.15, 0.2) is 21.9 Å². The van der Waals surface area contributed by atoms with Gasteiger partial charge in [-0.05, 0) is 27.2 Å². The van der Waals surface area contributed by atoms with Gasteiger partial charge in [0.1, 0.15) is 30.2 Å². The Balaban J connectivity index is 1.84. The number of H-pyrrole nitrogens is 1. The molecular weight excluding hydrogens is 428 g/mol. The molecule has 1 aliphatic rings. The lowest BCUT2D eigenvalue weighted by Crippen LogP contribution is -2.42. The Bertz CT molecular complexity index is 936. The van der Waals surface area contributed by atoms with Gasteiger partial charge in [0.2, 0.25) is 5.91 Å². The van der Waals surface area contributed by atoms with Crippen LogP contribution in [-0.2, 0) is 19.1 Å². The second-order valence-corrected chi connectivity index (χ2v) is 8.30. The molecule has 2 amide bonds. The van der Waals surface area contributed by atoms with E-state index in [-0.39, 0.29) is 19.4 Å². The Kier molecular flexibility index (Phi) is 8.30. The van der Waals surface area contributed by atoms with Crippen LogP contribution in [0, 0.1) is 0 Å². The van der Waals surface area contributed by atoms with Crippen LogP contribution in [0.1, 0.15) is 39.8 Å². The molecule has 0 bridgehead atoms. The molecule has 32 heavy (non-hydrogen) atoms. The van der Waals surface area contributed by atoms with E-state index in [1.165, 1.54) is 0 Å². The fraction of sp³-hybridized carbons (Fsp3) is 0.632. The number of aldehydes is 1. The van der Waals surface area contributed by atoms with Crippen molar-refractivity contribution < 1.29 is 34.1 Å². The zero-order valence-electron chi connectivity index (χ0n) is 17.9. The normalized spacial score (nSPS) is 23.9. The van der Waals surface area contributed by atoms with Gasteiger partial charge in [-0.2, -0.15) is 0 Å². The Morgan fingerprint density at radius 1 is 1.31 bits per heavy atom. The van der Waals surface area contributed by atoms with Gasteiger partial charge in [0, 0.05) is 25.2 Å². The summed E-state index contributed by atoms with van der Waals surface area (Å²) in [6.07, 6.45) is -4.44. The largest absolute Gasteiger partial charge is 0.444 e. The van der Waals surface area contributed by atoms with E-state index >= 15 is 0 Å². The van der Waals surface area contributed by atoms with Crippen molar-refractivity contribution in [1.29, 1.82) is 0 Å². The van der Waals surface area contributed by atoms with Gasteiger partial charge in [-0.1, -0.05) is 0 Å². The van der Waals surface area contributed by atoms with E-state index in [1.54, 1.807) is 20.8 Å². The number of hydrogen-bond donors (Lipinski definition) is 5. The van der Waals surface area contributed by atoms with E-state index in [9.17, 15) is 34.2 Å². The number of aliphatic hydroxyl groups is 2. The van der Waals surface area contributed by atoms with Crippen molar-refractivity contribution in [1.82, 2.24) is 20.2 Å². The highest BCUT2D eigenvalue weighted by molar-refractivity contribution is 5.77. The zero-order valence-corrected chi connectivity index (χ0v) is 17.9. The van der Waals surface area contributed by atoms with Crippen LogP contribution in [0.3, 0.4) is 0 Å². The third-order valence-electron chi connectivity index (χ3n) is 4.51. The maximum absolute atomic E-state index is 12.1. The van der Waals surface area contributed by atoms with Gasteiger partial charge < -0.3 is 35.1 Å². The van der Waals surface area contributed by atoms with Crippen LogP contribution < -0.4 is 21.9 Å². The monoisotopic (exact) mass is 456 g/mol. The lowest BCUT2D eigenvalue weighted by atomic mass is 10.1. The van der Waals surface area contributed by atoms with Crippen molar-refractivity contribution >= 4 is 18.3 Å². The minimum absolute atomic E-state index is 0.0146. The van der Waals surface area contributed by atoms with Crippen molar-refractivity contribution in [3.8, 4) is 0 Å². The third-order valence-corrected chi connectivity index (χ3v) is 4.51. The summed E-state index contributed by atoms with van der Waals surface area (Å²) in [6, 6.07) is 0.135. The van der Waals surface area contributed by atoms with Crippen molar-refractivity contribution in [2.45, 2.75) is 69.8 Å². The number of aliphatic hydroxyl groups excluding tert-OH is 2. The minimum Gasteiger partial charge on any atom is -0.444 e. The van der Waals surface area contributed by atoms with Gasteiger partial charge in [0.25, 0.3) is 5.56 Å². The van der Waals surface area contributed by atoms with Gasteiger partial charge in [0.05, 0.1) is 6.04 Å². The molecule has 1 fully saturated rings. The lowest BCUT2D eigenvalue weighted by Gasteiger charge is -2.21. The molecule has 1 unspecified atom stereocenters. The van der Waals surface area contributed by atoms with E-state index in [0.29, 0.717) is 6.29 Å². The molecule has 2 heterocycles. The first-order valence-electron chi connectivity index (χ1n) is 9.96. The van der Waals surface area contributed by atoms with Crippen LogP contribution in [0.25, 0.3) is 0 Å². The predicted molar refractivity (Wildman–Crippen MR) is 109 cm³/mol. The number of hydrogen-bond acceptors (Lipinski definition) is 9. The second-order valence-electron chi connectivity index (χ2n) is 8.30. The standard InChI is InChI=1S/C19H28N4O9/c1-19(2,3)32-18(30)21-10(9-24)4-5-12(25)20-8-11-14(27)15(28)16(31-11)23-7-6-13(26)22-17(23)29/h6-7,9-11,14-16,27-28H,4-5,8H2,1-3H3,(H,20,25)(H,21,30)(H,22,26,29)/t10?,11-,14-,15-,16-/m1/s1. The zero-order chi connectivity index (χ0) is 24.1. The van der Waals surface area contributed by atoms with Crippen LogP contribution >= 0.6 is 0 Å². The number of rotatable bonds is 8. The Labute approximate surface area is 182 Å². The summed E-state index contributed by atoms with van der Waals surface area (Å²) in [6.45, 7) is 4.83. The maximum atomic E-state index is 12.1. The van der Waals surface area contributed by atoms with E-state index in [2.05, 4.69) is 10.6 Å². The van der Waals surface area contributed by atoms with Crippen molar-refractivity contribution in [3.63, 3.8) is 0 Å². The Hall–Kier alpha value is -3.03. The molecule has 13 nitrogen and oxygen atoms in total. The molecule has 13 heteroatoms. The molecular formula is C19H28N4O9. The summed E-state index contributed by atoms with van der Waals surface area (Å²) in [7, 11) is 0. The van der Waals surface area contributed by atoms with Crippen molar-refractivity contribution in [2.24, 2.45) is 0 Å². The number of nitrogens with one attached hydrogen (secondary N) is 3. The van der Waals surface area contributed by atoms with Crippen LogP contribution in [0.5, 0.6) is 0 Å². The molecule has 1 aromatic rings. The average Bonchev–Trinajstić information content (AvgIpc) is 2.96. The molecule has 1 aromatic heterocycles. The SMILES string of the molecule is CC(C)(C)OC(=O)NC(C=O)CCC(=O)NC[C@H]1O[C@@H](n2ccc(=O)[nH]c2=O)[C@H](O)[C@@H]1O. The topological polar surface area (TPSA) is 189 Å². The molecule has 1 saturated heterocycles. The molecule has 0 saturated carbocycles. The number of aromatic amines is 1. The number of ether oxygens (including phenoxy) is 2. The molecule has 178 valence electrons. The van der Waals surface area contributed by atoms with Crippen molar-refractivity contribution in [2.75, 3.05) is 6.54 Å². The van der Waals surface area contributed by atoms with Gasteiger partial charge in [-0.3, -0.25) is 19.1 Å².